The Balaban J connectivity index is 1.20. The van der Waals surface area contributed by atoms with Crippen molar-refractivity contribution in [2.75, 3.05) is 5.32 Å². The fourth-order valence-electron chi connectivity index (χ4n) is 3.16. The molecule has 0 spiro atoms. The van der Waals surface area contributed by atoms with Crippen molar-refractivity contribution in [3.8, 4) is 17.6 Å². The van der Waals surface area contributed by atoms with Crippen molar-refractivity contribution in [3.05, 3.63) is 71.2 Å². The number of hydrogen-bond acceptors (Lipinski definition) is 7. The number of fused-ring (bicyclic) bond motifs is 2. The molecular weight excluding hydrogens is 462 g/mol. The van der Waals surface area contributed by atoms with Gasteiger partial charge in [-0.25, -0.2) is 4.98 Å². The zero-order valence-corrected chi connectivity index (χ0v) is 19.2. The van der Waals surface area contributed by atoms with Gasteiger partial charge >= 0.3 is 6.08 Å². The highest BCUT2D eigenvalue weighted by atomic mass is 35.5. The van der Waals surface area contributed by atoms with Crippen LogP contribution < -0.4 is 14.8 Å². The molecule has 0 fully saturated rings. The van der Waals surface area contributed by atoms with Gasteiger partial charge in [-0.2, -0.15) is 4.98 Å². The van der Waals surface area contributed by atoms with Gasteiger partial charge in [0.2, 0.25) is 0 Å². The van der Waals surface area contributed by atoms with E-state index in [-0.39, 0.29) is 12.0 Å². The van der Waals surface area contributed by atoms with Gasteiger partial charge in [0.05, 0.1) is 10.2 Å². The van der Waals surface area contributed by atoms with Crippen LogP contribution >= 0.6 is 22.9 Å². The molecule has 1 N–H and O–H groups in total. The molecule has 5 aromatic rings. The lowest BCUT2D eigenvalue weighted by atomic mass is 10.2. The number of aryl methyl sites for hydroxylation is 1. The van der Waals surface area contributed by atoms with Gasteiger partial charge in [0, 0.05) is 11.1 Å². The number of aromatic nitrogens is 2. The van der Waals surface area contributed by atoms with E-state index in [0.717, 1.165) is 15.8 Å². The van der Waals surface area contributed by atoms with Gasteiger partial charge in [-0.3, -0.25) is 10.1 Å². The minimum atomic E-state index is -0.715. The van der Waals surface area contributed by atoms with Gasteiger partial charge in [0.15, 0.2) is 16.8 Å². The van der Waals surface area contributed by atoms with Crippen molar-refractivity contribution < 1.29 is 18.7 Å². The Hall–Kier alpha value is -3.62. The number of thiazole rings is 1. The van der Waals surface area contributed by atoms with Gasteiger partial charge in [-0.05, 0) is 67.9 Å². The second-order valence-corrected chi connectivity index (χ2v) is 8.87. The number of nitrogens with zero attached hydrogens (tertiary/aromatic N) is 2. The van der Waals surface area contributed by atoms with Crippen LogP contribution in [0.5, 0.6) is 17.6 Å². The quantitative estimate of drug-likeness (QED) is 0.295. The standard InChI is InChI=1S/C24H18ClN3O4S/c1-13-3-9-19-21(11-13)33-23(26-19)28-22(29)14(2)30-16-5-7-17(8-6-16)31-24-27-18-10-4-15(25)12-20(18)32-24/h3-12,14H,1-2H3,(H,26,28,29)/t14-/m1/s1. The molecular formula is C24H18ClN3O4S. The SMILES string of the molecule is Cc1ccc2nc(NC(=O)[C@@H](C)Oc3ccc(Oc4nc5ccc(Cl)cc5o4)cc3)sc2c1. The summed E-state index contributed by atoms with van der Waals surface area (Å²) in [6.45, 7) is 3.70. The van der Waals surface area contributed by atoms with Crippen molar-refractivity contribution in [3.63, 3.8) is 0 Å². The minimum Gasteiger partial charge on any atom is -0.481 e. The van der Waals surface area contributed by atoms with E-state index < -0.39 is 6.10 Å². The molecule has 9 heteroatoms. The van der Waals surface area contributed by atoms with Crippen molar-refractivity contribution >= 4 is 55.3 Å². The fourth-order valence-corrected chi connectivity index (χ4v) is 4.29. The Morgan fingerprint density at radius 1 is 1.03 bits per heavy atom. The summed E-state index contributed by atoms with van der Waals surface area (Å²) in [4.78, 5) is 21.3. The summed E-state index contributed by atoms with van der Waals surface area (Å²) >= 11 is 7.40. The zero-order chi connectivity index (χ0) is 22.9. The van der Waals surface area contributed by atoms with Crippen LogP contribution in [0.15, 0.2) is 65.1 Å². The lowest BCUT2D eigenvalue weighted by Crippen LogP contribution is -2.30. The van der Waals surface area contributed by atoms with Crippen molar-refractivity contribution in [1.82, 2.24) is 9.97 Å². The van der Waals surface area contributed by atoms with E-state index in [2.05, 4.69) is 15.3 Å². The number of anilines is 1. The number of rotatable bonds is 6. The molecule has 0 aliphatic carbocycles. The summed E-state index contributed by atoms with van der Waals surface area (Å²) in [6, 6.07) is 18.0. The summed E-state index contributed by atoms with van der Waals surface area (Å²) in [6.07, 6.45) is -0.605. The number of carbonyl (C=O) groups is 1. The van der Waals surface area contributed by atoms with Crippen LogP contribution in [0.25, 0.3) is 21.3 Å². The molecule has 7 nitrogen and oxygen atoms in total. The van der Waals surface area contributed by atoms with Crippen LogP contribution in [-0.4, -0.2) is 22.0 Å². The molecule has 0 radical (unpaired) electrons. The van der Waals surface area contributed by atoms with E-state index in [1.807, 2.05) is 25.1 Å². The molecule has 0 aliphatic heterocycles. The average molecular weight is 480 g/mol. The highest BCUT2D eigenvalue weighted by Crippen LogP contribution is 2.29. The maximum absolute atomic E-state index is 12.6. The van der Waals surface area contributed by atoms with E-state index in [9.17, 15) is 4.79 Å². The molecule has 5 rings (SSSR count). The number of ether oxygens (including phenoxy) is 2. The van der Waals surface area contributed by atoms with Gasteiger partial charge in [0.1, 0.15) is 17.0 Å². The average Bonchev–Trinajstić information content (AvgIpc) is 3.36. The van der Waals surface area contributed by atoms with Gasteiger partial charge in [0.25, 0.3) is 5.91 Å². The molecule has 1 atom stereocenters. The molecule has 2 aromatic heterocycles. The van der Waals surface area contributed by atoms with E-state index in [4.69, 9.17) is 25.5 Å². The van der Waals surface area contributed by atoms with Crippen molar-refractivity contribution in [2.24, 2.45) is 0 Å². The first-order valence-corrected chi connectivity index (χ1v) is 11.3. The molecule has 3 aromatic carbocycles. The van der Waals surface area contributed by atoms with E-state index >= 15 is 0 Å². The molecule has 1 amide bonds. The number of oxazole rings is 1. The van der Waals surface area contributed by atoms with E-state index in [1.54, 1.807) is 49.4 Å². The Bertz CT molecular complexity index is 1460. The highest BCUT2D eigenvalue weighted by Gasteiger charge is 2.17. The third kappa shape index (κ3) is 4.76. The first-order chi connectivity index (χ1) is 15.9. The monoisotopic (exact) mass is 479 g/mol. The van der Waals surface area contributed by atoms with E-state index in [0.29, 0.717) is 32.8 Å². The summed E-state index contributed by atoms with van der Waals surface area (Å²) in [7, 11) is 0. The topological polar surface area (TPSA) is 86.5 Å². The second-order valence-electron chi connectivity index (χ2n) is 7.40. The maximum Gasteiger partial charge on any atom is 0.400 e. The first kappa shape index (κ1) is 21.2. The molecule has 0 saturated heterocycles. The van der Waals surface area contributed by atoms with Crippen LogP contribution in [-0.2, 0) is 4.79 Å². The molecule has 0 saturated carbocycles. The highest BCUT2D eigenvalue weighted by molar-refractivity contribution is 7.22. The fraction of sp³-hybridized carbons (Fsp3) is 0.125. The number of benzene rings is 3. The van der Waals surface area contributed by atoms with Crippen LogP contribution in [0.3, 0.4) is 0 Å². The Kier molecular flexibility index (Phi) is 5.62. The Morgan fingerprint density at radius 3 is 2.61 bits per heavy atom. The zero-order valence-electron chi connectivity index (χ0n) is 17.7. The predicted molar refractivity (Wildman–Crippen MR) is 129 cm³/mol. The summed E-state index contributed by atoms with van der Waals surface area (Å²) in [5, 5.41) is 3.92. The van der Waals surface area contributed by atoms with E-state index in [1.165, 1.54) is 11.3 Å². The van der Waals surface area contributed by atoms with Crippen LogP contribution in [0.4, 0.5) is 5.13 Å². The molecule has 33 heavy (non-hydrogen) atoms. The van der Waals surface area contributed by atoms with Gasteiger partial charge in [-0.1, -0.05) is 29.0 Å². The normalized spacial score (nSPS) is 12.1. The molecule has 2 heterocycles. The van der Waals surface area contributed by atoms with Crippen LogP contribution in [0, 0.1) is 6.92 Å². The Labute approximate surface area is 197 Å². The third-order valence-electron chi connectivity index (χ3n) is 4.82. The largest absolute Gasteiger partial charge is 0.481 e. The molecule has 0 bridgehead atoms. The number of halogens is 1. The number of carbonyl (C=O) groups excluding carboxylic acids is 1. The van der Waals surface area contributed by atoms with Gasteiger partial charge in [-0.15, -0.1) is 0 Å². The summed E-state index contributed by atoms with van der Waals surface area (Å²) < 4.78 is 18.0. The van der Waals surface area contributed by atoms with Crippen LogP contribution in [0.2, 0.25) is 5.02 Å². The summed E-state index contributed by atoms with van der Waals surface area (Å²) in [5.74, 6) is 0.757. The summed E-state index contributed by atoms with van der Waals surface area (Å²) in [5.41, 5.74) is 3.19. The maximum atomic E-state index is 12.6. The van der Waals surface area contributed by atoms with Gasteiger partial charge < -0.3 is 13.9 Å². The number of hydrogen-bond donors (Lipinski definition) is 1. The minimum absolute atomic E-state index is 0.111. The lowest BCUT2D eigenvalue weighted by molar-refractivity contribution is -0.122. The molecule has 0 aliphatic rings. The number of nitrogens with one attached hydrogen (secondary N) is 1. The number of amides is 1. The predicted octanol–water partition coefficient (Wildman–Crippen LogP) is 6.60. The molecule has 0 unspecified atom stereocenters. The van der Waals surface area contributed by atoms with Crippen molar-refractivity contribution in [1.29, 1.82) is 0 Å². The lowest BCUT2D eigenvalue weighted by Gasteiger charge is -2.13. The smallest absolute Gasteiger partial charge is 0.400 e. The Morgan fingerprint density at radius 2 is 1.79 bits per heavy atom. The second kappa shape index (κ2) is 8.73. The van der Waals surface area contributed by atoms with Crippen LogP contribution in [0.1, 0.15) is 12.5 Å². The third-order valence-corrected chi connectivity index (χ3v) is 5.98. The van der Waals surface area contributed by atoms with Crippen molar-refractivity contribution in [2.45, 2.75) is 20.0 Å². The molecule has 166 valence electrons. The first-order valence-electron chi connectivity index (χ1n) is 10.1.